The predicted molar refractivity (Wildman–Crippen MR) is 79.4 cm³/mol. The number of aromatic nitrogens is 2. The number of aliphatic hydroxyl groups excluding tert-OH is 1. The van der Waals surface area contributed by atoms with Gasteiger partial charge < -0.3 is 24.5 Å². The number of aliphatic hydroxyl groups is 1. The van der Waals surface area contributed by atoms with Gasteiger partial charge in [-0.2, -0.15) is 0 Å². The van der Waals surface area contributed by atoms with Crippen LogP contribution < -0.4 is 14.8 Å². The molecule has 1 heterocycles. The fraction of sp³-hybridized carbons (Fsp3) is 0.400. The van der Waals surface area contributed by atoms with Crippen LogP contribution in [0.5, 0.6) is 11.5 Å². The molecule has 1 aromatic carbocycles. The standard InChI is InChI=1S/C15H21N3O3/c1-18-8-7-17-15(18)10-16-9-12(19)11-21-14-5-3-13(20-2)4-6-14/h3-8,12,16,19H,9-11H2,1-2H3. The highest BCUT2D eigenvalue weighted by Gasteiger charge is 2.06. The van der Waals surface area contributed by atoms with E-state index in [0.29, 0.717) is 18.8 Å². The number of hydrogen-bond acceptors (Lipinski definition) is 5. The van der Waals surface area contributed by atoms with Gasteiger partial charge in [0.1, 0.15) is 30.0 Å². The summed E-state index contributed by atoms with van der Waals surface area (Å²) in [5.74, 6) is 2.41. The van der Waals surface area contributed by atoms with Crippen molar-refractivity contribution >= 4 is 0 Å². The maximum absolute atomic E-state index is 9.87. The molecule has 0 radical (unpaired) electrons. The lowest BCUT2D eigenvalue weighted by molar-refractivity contribution is 0.106. The van der Waals surface area contributed by atoms with Crippen LogP contribution in [0.2, 0.25) is 0 Å². The quantitative estimate of drug-likeness (QED) is 0.758. The molecule has 0 amide bonds. The summed E-state index contributed by atoms with van der Waals surface area (Å²) in [5.41, 5.74) is 0. The van der Waals surface area contributed by atoms with Crippen molar-refractivity contribution in [1.29, 1.82) is 0 Å². The lowest BCUT2D eigenvalue weighted by Crippen LogP contribution is -2.31. The number of nitrogens with one attached hydrogen (secondary N) is 1. The second-order valence-corrected chi connectivity index (χ2v) is 4.73. The second kappa shape index (κ2) is 7.66. The average molecular weight is 291 g/mol. The van der Waals surface area contributed by atoms with Gasteiger partial charge in [-0.15, -0.1) is 0 Å². The Hall–Kier alpha value is -2.05. The van der Waals surface area contributed by atoms with Gasteiger partial charge in [-0.25, -0.2) is 4.98 Å². The first-order chi connectivity index (χ1) is 10.2. The first-order valence-corrected chi connectivity index (χ1v) is 6.81. The summed E-state index contributed by atoms with van der Waals surface area (Å²) in [4.78, 5) is 4.20. The van der Waals surface area contributed by atoms with Gasteiger partial charge in [0.2, 0.25) is 0 Å². The molecule has 1 aromatic heterocycles. The third kappa shape index (κ3) is 4.77. The van der Waals surface area contributed by atoms with Crippen LogP contribution in [-0.2, 0) is 13.6 Å². The minimum absolute atomic E-state index is 0.236. The van der Waals surface area contributed by atoms with Crippen molar-refractivity contribution in [3.63, 3.8) is 0 Å². The van der Waals surface area contributed by atoms with Gasteiger partial charge in [-0.3, -0.25) is 0 Å². The van der Waals surface area contributed by atoms with E-state index in [-0.39, 0.29) is 6.61 Å². The third-order valence-corrected chi connectivity index (χ3v) is 3.09. The molecular weight excluding hydrogens is 270 g/mol. The van der Waals surface area contributed by atoms with Gasteiger partial charge in [0.05, 0.1) is 13.7 Å². The summed E-state index contributed by atoms with van der Waals surface area (Å²) < 4.78 is 12.5. The Morgan fingerprint density at radius 1 is 1.29 bits per heavy atom. The first kappa shape index (κ1) is 15.3. The Morgan fingerprint density at radius 2 is 2.00 bits per heavy atom. The smallest absolute Gasteiger partial charge is 0.122 e. The first-order valence-electron chi connectivity index (χ1n) is 6.81. The van der Waals surface area contributed by atoms with Crippen LogP contribution in [0.15, 0.2) is 36.7 Å². The number of imidazole rings is 1. The summed E-state index contributed by atoms with van der Waals surface area (Å²) >= 11 is 0. The monoisotopic (exact) mass is 291 g/mol. The molecule has 1 unspecified atom stereocenters. The van der Waals surface area contributed by atoms with Crippen molar-refractivity contribution in [1.82, 2.24) is 14.9 Å². The van der Waals surface area contributed by atoms with Crippen molar-refractivity contribution in [2.24, 2.45) is 7.05 Å². The molecule has 6 heteroatoms. The van der Waals surface area contributed by atoms with E-state index < -0.39 is 6.10 Å². The van der Waals surface area contributed by atoms with Crippen LogP contribution in [0, 0.1) is 0 Å². The molecule has 0 bridgehead atoms. The van der Waals surface area contributed by atoms with Crippen LogP contribution in [0.1, 0.15) is 5.82 Å². The minimum atomic E-state index is -0.577. The van der Waals surface area contributed by atoms with E-state index in [2.05, 4.69) is 10.3 Å². The zero-order valence-electron chi connectivity index (χ0n) is 12.3. The molecule has 0 saturated heterocycles. The fourth-order valence-corrected chi connectivity index (χ4v) is 1.84. The van der Waals surface area contributed by atoms with E-state index in [0.717, 1.165) is 11.6 Å². The molecule has 2 rings (SSSR count). The molecule has 0 fully saturated rings. The maximum atomic E-state index is 9.87. The van der Waals surface area contributed by atoms with Crippen molar-refractivity contribution in [2.45, 2.75) is 12.6 Å². The molecule has 2 aromatic rings. The Kier molecular flexibility index (Phi) is 5.59. The van der Waals surface area contributed by atoms with Gasteiger partial charge in [0.25, 0.3) is 0 Å². The molecule has 0 aliphatic rings. The number of ether oxygens (including phenoxy) is 2. The number of rotatable bonds is 8. The second-order valence-electron chi connectivity index (χ2n) is 4.73. The average Bonchev–Trinajstić information content (AvgIpc) is 2.91. The summed E-state index contributed by atoms with van der Waals surface area (Å²) in [7, 11) is 3.56. The van der Waals surface area contributed by atoms with Gasteiger partial charge >= 0.3 is 0 Å². The molecule has 1 atom stereocenters. The van der Waals surface area contributed by atoms with E-state index in [1.807, 2.05) is 42.1 Å². The van der Waals surface area contributed by atoms with E-state index in [1.54, 1.807) is 13.3 Å². The van der Waals surface area contributed by atoms with Crippen molar-refractivity contribution in [2.75, 3.05) is 20.3 Å². The highest BCUT2D eigenvalue weighted by Crippen LogP contribution is 2.16. The Labute approximate surface area is 124 Å². The summed E-state index contributed by atoms with van der Waals surface area (Å²) in [6.07, 6.45) is 3.06. The lowest BCUT2D eigenvalue weighted by atomic mass is 10.3. The molecule has 0 saturated carbocycles. The van der Waals surface area contributed by atoms with E-state index in [1.165, 1.54) is 0 Å². The van der Waals surface area contributed by atoms with Crippen LogP contribution >= 0.6 is 0 Å². The number of methoxy groups -OCH3 is 1. The summed E-state index contributed by atoms with van der Waals surface area (Å²) in [5, 5.41) is 13.0. The predicted octanol–water partition coefficient (Wildman–Crippen LogP) is 0.958. The van der Waals surface area contributed by atoms with E-state index in [9.17, 15) is 5.11 Å². The van der Waals surface area contributed by atoms with Gasteiger partial charge in [0, 0.05) is 26.0 Å². The highest BCUT2D eigenvalue weighted by atomic mass is 16.5. The summed E-state index contributed by atoms with van der Waals surface area (Å²) in [6.45, 7) is 1.30. The summed E-state index contributed by atoms with van der Waals surface area (Å²) in [6, 6.07) is 7.27. The number of hydrogen-bond donors (Lipinski definition) is 2. The molecule has 0 aliphatic heterocycles. The number of benzene rings is 1. The van der Waals surface area contributed by atoms with Gasteiger partial charge in [-0.1, -0.05) is 0 Å². The van der Waals surface area contributed by atoms with Crippen molar-refractivity contribution in [3.05, 3.63) is 42.5 Å². The molecule has 0 spiro atoms. The van der Waals surface area contributed by atoms with Crippen LogP contribution in [0.25, 0.3) is 0 Å². The van der Waals surface area contributed by atoms with E-state index >= 15 is 0 Å². The maximum Gasteiger partial charge on any atom is 0.122 e. The Bertz CT molecular complexity index is 539. The van der Waals surface area contributed by atoms with Gasteiger partial charge in [-0.05, 0) is 24.3 Å². The zero-order valence-corrected chi connectivity index (χ0v) is 12.3. The van der Waals surface area contributed by atoms with Crippen LogP contribution in [-0.4, -0.2) is 41.0 Å². The molecule has 0 aliphatic carbocycles. The minimum Gasteiger partial charge on any atom is -0.497 e. The lowest BCUT2D eigenvalue weighted by Gasteiger charge is -2.13. The fourth-order valence-electron chi connectivity index (χ4n) is 1.84. The molecule has 21 heavy (non-hydrogen) atoms. The molecular formula is C15H21N3O3. The zero-order chi connectivity index (χ0) is 15.1. The highest BCUT2D eigenvalue weighted by molar-refractivity contribution is 5.31. The van der Waals surface area contributed by atoms with Crippen LogP contribution in [0.4, 0.5) is 0 Å². The van der Waals surface area contributed by atoms with E-state index in [4.69, 9.17) is 9.47 Å². The van der Waals surface area contributed by atoms with Crippen molar-refractivity contribution < 1.29 is 14.6 Å². The normalized spacial score (nSPS) is 12.1. The topological polar surface area (TPSA) is 68.5 Å². The largest absolute Gasteiger partial charge is 0.497 e. The molecule has 2 N–H and O–H groups in total. The van der Waals surface area contributed by atoms with Crippen molar-refractivity contribution in [3.8, 4) is 11.5 Å². The third-order valence-electron chi connectivity index (χ3n) is 3.09. The number of nitrogens with zero attached hydrogens (tertiary/aromatic N) is 2. The van der Waals surface area contributed by atoms with Crippen LogP contribution in [0.3, 0.4) is 0 Å². The Morgan fingerprint density at radius 3 is 2.62 bits per heavy atom. The Balaban J connectivity index is 1.67. The number of aryl methyl sites for hydroxylation is 1. The molecule has 114 valence electrons. The SMILES string of the molecule is COc1ccc(OCC(O)CNCc2nccn2C)cc1. The van der Waals surface area contributed by atoms with Gasteiger partial charge in [0.15, 0.2) is 0 Å². The molecule has 6 nitrogen and oxygen atoms in total.